The van der Waals surface area contributed by atoms with E-state index in [1.165, 1.54) is 26.6 Å². The molecule has 0 atom stereocenters. The van der Waals surface area contributed by atoms with Gasteiger partial charge in [-0.2, -0.15) is 0 Å². The summed E-state index contributed by atoms with van der Waals surface area (Å²) in [5.41, 5.74) is 1.13. The molecule has 1 aromatic carbocycles. The van der Waals surface area contributed by atoms with E-state index in [-0.39, 0.29) is 5.75 Å². The van der Waals surface area contributed by atoms with Crippen molar-refractivity contribution in [2.75, 3.05) is 26.1 Å². The van der Waals surface area contributed by atoms with E-state index in [0.717, 1.165) is 0 Å². The molecule has 0 aliphatic rings. The Morgan fingerprint density at radius 1 is 1.20 bits per heavy atom. The highest BCUT2D eigenvalue weighted by atomic mass is 19.1. The third-order valence-corrected chi connectivity index (χ3v) is 2.78. The number of benzene rings is 1. The van der Waals surface area contributed by atoms with Crippen molar-refractivity contribution in [1.82, 2.24) is 9.97 Å². The first-order valence-corrected chi connectivity index (χ1v) is 6.18. The van der Waals surface area contributed by atoms with Crippen LogP contribution < -0.4 is 14.8 Å². The van der Waals surface area contributed by atoms with Crippen molar-refractivity contribution in [2.45, 2.75) is 6.92 Å². The molecule has 0 spiro atoms. The average Bonchev–Trinajstić information content (AvgIpc) is 2.47. The molecule has 20 heavy (non-hydrogen) atoms. The lowest BCUT2D eigenvalue weighted by molar-refractivity contribution is 0.386. The lowest BCUT2D eigenvalue weighted by atomic mass is 10.1. The lowest BCUT2D eigenvalue weighted by Gasteiger charge is -2.12. The van der Waals surface area contributed by atoms with Crippen LogP contribution in [0.15, 0.2) is 24.5 Å². The van der Waals surface area contributed by atoms with Gasteiger partial charge in [0.15, 0.2) is 23.1 Å². The monoisotopic (exact) mass is 277 g/mol. The molecule has 106 valence electrons. The van der Waals surface area contributed by atoms with Crippen LogP contribution in [0.1, 0.15) is 6.92 Å². The van der Waals surface area contributed by atoms with Crippen molar-refractivity contribution < 1.29 is 13.9 Å². The van der Waals surface area contributed by atoms with Crippen LogP contribution in [0.2, 0.25) is 0 Å². The Balaban J connectivity index is 2.51. The molecule has 1 aromatic heterocycles. The van der Waals surface area contributed by atoms with Gasteiger partial charge in [0, 0.05) is 12.1 Å². The van der Waals surface area contributed by atoms with Gasteiger partial charge in [-0.15, -0.1) is 0 Å². The van der Waals surface area contributed by atoms with Crippen LogP contribution in [-0.2, 0) is 0 Å². The molecule has 0 unspecified atom stereocenters. The predicted molar refractivity (Wildman–Crippen MR) is 74.7 cm³/mol. The number of nitrogens with one attached hydrogen (secondary N) is 1. The molecule has 0 fully saturated rings. The van der Waals surface area contributed by atoms with Crippen molar-refractivity contribution in [1.29, 1.82) is 0 Å². The second kappa shape index (κ2) is 6.18. The Morgan fingerprint density at radius 3 is 2.60 bits per heavy atom. The number of halogens is 1. The number of anilines is 1. The summed E-state index contributed by atoms with van der Waals surface area (Å²) in [6.07, 6.45) is 1.41. The highest BCUT2D eigenvalue weighted by molar-refractivity contribution is 5.73. The maximum atomic E-state index is 13.8. The zero-order chi connectivity index (χ0) is 14.5. The highest BCUT2D eigenvalue weighted by Crippen LogP contribution is 2.34. The Hall–Kier alpha value is -2.37. The summed E-state index contributed by atoms with van der Waals surface area (Å²) in [4.78, 5) is 8.29. The van der Waals surface area contributed by atoms with Crippen LogP contribution in [0.3, 0.4) is 0 Å². The topological polar surface area (TPSA) is 56.3 Å². The fraction of sp³-hybridized carbons (Fsp3) is 0.286. The average molecular weight is 277 g/mol. The van der Waals surface area contributed by atoms with Gasteiger partial charge in [-0.25, -0.2) is 14.4 Å². The molecule has 1 heterocycles. The third-order valence-electron chi connectivity index (χ3n) is 2.78. The number of rotatable bonds is 5. The SMILES string of the molecule is CCNc1ncnc(-c2ccc(OC)c(F)c2)c1OC. The number of nitrogens with zero attached hydrogens (tertiary/aromatic N) is 2. The first-order valence-electron chi connectivity index (χ1n) is 6.18. The molecule has 1 N–H and O–H groups in total. The van der Waals surface area contributed by atoms with Crippen molar-refractivity contribution in [3.63, 3.8) is 0 Å². The molecule has 0 amide bonds. The fourth-order valence-electron chi connectivity index (χ4n) is 1.88. The van der Waals surface area contributed by atoms with E-state index >= 15 is 0 Å². The molecule has 2 rings (SSSR count). The summed E-state index contributed by atoms with van der Waals surface area (Å²) in [5.74, 6) is 0.805. The van der Waals surface area contributed by atoms with Crippen LogP contribution in [0.5, 0.6) is 11.5 Å². The second-order valence-corrected chi connectivity index (χ2v) is 3.98. The summed E-state index contributed by atoms with van der Waals surface area (Å²) in [6, 6.07) is 4.64. The fourth-order valence-corrected chi connectivity index (χ4v) is 1.88. The maximum absolute atomic E-state index is 13.8. The van der Waals surface area contributed by atoms with Crippen molar-refractivity contribution >= 4 is 5.82 Å². The Bertz CT molecular complexity index is 605. The normalized spacial score (nSPS) is 10.2. The highest BCUT2D eigenvalue weighted by Gasteiger charge is 2.15. The van der Waals surface area contributed by atoms with Crippen molar-refractivity contribution in [3.05, 3.63) is 30.3 Å². The molecule has 2 aromatic rings. The van der Waals surface area contributed by atoms with Crippen LogP contribution in [-0.4, -0.2) is 30.7 Å². The van der Waals surface area contributed by atoms with Crippen molar-refractivity contribution in [2.24, 2.45) is 0 Å². The zero-order valence-electron chi connectivity index (χ0n) is 11.6. The third kappa shape index (κ3) is 2.64. The van der Waals surface area contributed by atoms with Gasteiger partial charge in [0.1, 0.15) is 12.0 Å². The van der Waals surface area contributed by atoms with E-state index in [2.05, 4.69) is 15.3 Å². The van der Waals surface area contributed by atoms with Crippen molar-refractivity contribution in [3.8, 4) is 22.8 Å². The van der Waals surface area contributed by atoms with Gasteiger partial charge >= 0.3 is 0 Å². The van der Waals surface area contributed by atoms with Gasteiger partial charge in [-0.05, 0) is 25.1 Å². The van der Waals surface area contributed by atoms with Gasteiger partial charge in [0.05, 0.1) is 14.2 Å². The molecule has 0 aliphatic carbocycles. The first-order chi connectivity index (χ1) is 9.71. The Morgan fingerprint density at radius 2 is 2.00 bits per heavy atom. The quantitative estimate of drug-likeness (QED) is 0.910. The molecule has 0 saturated heterocycles. The van der Waals surface area contributed by atoms with Crippen LogP contribution in [0.25, 0.3) is 11.3 Å². The molecular formula is C14H16FN3O2. The van der Waals surface area contributed by atoms with E-state index in [9.17, 15) is 4.39 Å². The molecule has 0 radical (unpaired) electrons. The van der Waals surface area contributed by atoms with Gasteiger partial charge in [0.2, 0.25) is 0 Å². The molecular weight excluding hydrogens is 261 g/mol. The summed E-state index contributed by atoms with van der Waals surface area (Å²) in [6.45, 7) is 2.65. The van der Waals surface area contributed by atoms with E-state index in [1.807, 2.05) is 6.92 Å². The maximum Gasteiger partial charge on any atom is 0.187 e. The summed E-state index contributed by atoms with van der Waals surface area (Å²) >= 11 is 0. The van der Waals surface area contributed by atoms with E-state index < -0.39 is 5.82 Å². The van der Waals surface area contributed by atoms with Crippen LogP contribution in [0, 0.1) is 5.82 Å². The zero-order valence-corrected chi connectivity index (χ0v) is 11.6. The molecule has 0 saturated carbocycles. The minimum Gasteiger partial charge on any atom is -0.494 e. The minimum absolute atomic E-state index is 0.189. The van der Waals surface area contributed by atoms with Crippen LogP contribution in [0.4, 0.5) is 10.2 Å². The van der Waals surface area contributed by atoms with E-state index in [0.29, 0.717) is 29.4 Å². The number of hydrogen-bond acceptors (Lipinski definition) is 5. The van der Waals surface area contributed by atoms with Gasteiger partial charge in [-0.1, -0.05) is 0 Å². The first kappa shape index (κ1) is 14.0. The van der Waals surface area contributed by atoms with Gasteiger partial charge in [0.25, 0.3) is 0 Å². The smallest absolute Gasteiger partial charge is 0.187 e. The number of hydrogen-bond donors (Lipinski definition) is 1. The lowest BCUT2D eigenvalue weighted by Crippen LogP contribution is -2.04. The molecule has 0 aliphatic heterocycles. The van der Waals surface area contributed by atoms with Gasteiger partial charge in [-0.3, -0.25) is 0 Å². The Labute approximate surface area is 116 Å². The number of ether oxygens (including phenoxy) is 2. The Kier molecular flexibility index (Phi) is 4.34. The standard InChI is InChI=1S/C14H16FN3O2/c1-4-16-14-13(20-3)12(17-8-18-14)9-5-6-11(19-2)10(15)7-9/h5-8H,4H2,1-3H3,(H,16,17,18). The van der Waals surface area contributed by atoms with E-state index in [4.69, 9.17) is 9.47 Å². The second-order valence-electron chi connectivity index (χ2n) is 3.98. The summed E-state index contributed by atoms with van der Waals surface area (Å²) in [7, 11) is 2.95. The number of aromatic nitrogens is 2. The molecule has 0 bridgehead atoms. The summed E-state index contributed by atoms with van der Waals surface area (Å²) in [5, 5.41) is 3.08. The largest absolute Gasteiger partial charge is 0.494 e. The number of methoxy groups -OCH3 is 2. The molecule has 6 heteroatoms. The minimum atomic E-state index is -0.448. The summed E-state index contributed by atoms with van der Waals surface area (Å²) < 4.78 is 24.0. The van der Waals surface area contributed by atoms with Gasteiger partial charge < -0.3 is 14.8 Å². The molecule has 5 nitrogen and oxygen atoms in total. The predicted octanol–water partition coefficient (Wildman–Crippen LogP) is 2.73. The van der Waals surface area contributed by atoms with E-state index in [1.54, 1.807) is 12.1 Å². The van der Waals surface area contributed by atoms with Crippen LogP contribution >= 0.6 is 0 Å².